The summed E-state index contributed by atoms with van der Waals surface area (Å²) in [6, 6.07) is 13.7. The Morgan fingerprint density at radius 1 is 1.00 bits per heavy atom. The van der Waals surface area contributed by atoms with Gasteiger partial charge in [0.2, 0.25) is 11.8 Å². The highest BCUT2D eigenvalue weighted by Gasteiger charge is 2.41. The van der Waals surface area contributed by atoms with E-state index in [4.69, 9.17) is 4.74 Å². The van der Waals surface area contributed by atoms with Crippen molar-refractivity contribution in [1.29, 1.82) is 0 Å². The zero-order valence-corrected chi connectivity index (χ0v) is 21.6. The van der Waals surface area contributed by atoms with Crippen LogP contribution >= 0.6 is 0 Å². The zero-order chi connectivity index (χ0) is 26.1. The van der Waals surface area contributed by atoms with Gasteiger partial charge in [-0.2, -0.15) is 0 Å². The van der Waals surface area contributed by atoms with Gasteiger partial charge in [0.05, 0.1) is 5.69 Å². The van der Waals surface area contributed by atoms with E-state index in [0.29, 0.717) is 12.2 Å². The van der Waals surface area contributed by atoms with Crippen LogP contribution in [-0.4, -0.2) is 45.5 Å². The lowest BCUT2D eigenvalue weighted by Crippen LogP contribution is -2.58. The molecule has 1 aromatic carbocycles. The van der Waals surface area contributed by atoms with Crippen LogP contribution in [0.1, 0.15) is 71.7 Å². The first kappa shape index (κ1) is 27.8. The number of rotatable bonds is 10. The van der Waals surface area contributed by atoms with Gasteiger partial charge < -0.3 is 20.3 Å². The smallest absolute Gasteiger partial charge is 0.408 e. The lowest BCUT2D eigenvalue weighted by atomic mass is 9.99. The van der Waals surface area contributed by atoms with Gasteiger partial charge in [0, 0.05) is 19.3 Å². The first-order valence-electron chi connectivity index (χ1n) is 12.0. The maximum atomic E-state index is 14.0. The normalized spacial score (nSPS) is 12.4. The van der Waals surface area contributed by atoms with Gasteiger partial charge in [-0.3, -0.25) is 14.6 Å². The maximum absolute atomic E-state index is 14.0. The fourth-order valence-electron chi connectivity index (χ4n) is 3.49. The molecule has 1 unspecified atom stereocenters. The fraction of sp³-hybridized carbons (Fsp3) is 0.481. The van der Waals surface area contributed by atoms with Gasteiger partial charge in [0.25, 0.3) is 0 Å². The second-order valence-corrected chi connectivity index (χ2v) is 9.97. The Hall–Kier alpha value is -3.42. The first-order valence-corrected chi connectivity index (χ1v) is 12.0. The average Bonchev–Trinajstić information content (AvgIpc) is 2.78. The van der Waals surface area contributed by atoms with E-state index < -0.39 is 29.2 Å². The van der Waals surface area contributed by atoms with E-state index in [2.05, 4.69) is 15.6 Å². The number of unbranched alkanes of at least 4 members (excludes halogenated alkanes) is 1. The molecule has 0 saturated carbocycles. The Kier molecular flexibility index (Phi) is 9.80. The van der Waals surface area contributed by atoms with Crippen molar-refractivity contribution in [3.8, 4) is 0 Å². The van der Waals surface area contributed by atoms with E-state index >= 15 is 0 Å². The third-order valence-corrected chi connectivity index (χ3v) is 5.16. The largest absolute Gasteiger partial charge is 0.444 e. The number of nitrogens with one attached hydrogen (secondary N) is 2. The minimum Gasteiger partial charge on any atom is -0.444 e. The van der Waals surface area contributed by atoms with Gasteiger partial charge in [0.1, 0.15) is 11.1 Å². The monoisotopic (exact) mass is 482 g/mol. The molecular weight excluding hydrogens is 444 g/mol. The summed E-state index contributed by atoms with van der Waals surface area (Å²) >= 11 is 0. The van der Waals surface area contributed by atoms with Crippen LogP contribution in [0, 0.1) is 0 Å². The Morgan fingerprint density at radius 2 is 1.66 bits per heavy atom. The van der Waals surface area contributed by atoms with Crippen molar-refractivity contribution in [3.05, 3.63) is 66.0 Å². The number of amides is 3. The van der Waals surface area contributed by atoms with Crippen molar-refractivity contribution in [2.75, 3.05) is 6.54 Å². The highest BCUT2D eigenvalue weighted by molar-refractivity contribution is 5.94. The predicted octanol–water partition coefficient (Wildman–Crippen LogP) is 4.37. The molecule has 0 fully saturated rings. The topological polar surface area (TPSA) is 101 Å². The van der Waals surface area contributed by atoms with Crippen LogP contribution < -0.4 is 10.6 Å². The Labute approximate surface area is 208 Å². The second kappa shape index (κ2) is 12.3. The van der Waals surface area contributed by atoms with Crippen LogP contribution in [0.5, 0.6) is 0 Å². The van der Waals surface area contributed by atoms with Gasteiger partial charge >= 0.3 is 6.09 Å². The number of ether oxygens (including phenoxy) is 1. The van der Waals surface area contributed by atoms with Crippen LogP contribution in [0.25, 0.3) is 0 Å². The molecule has 1 heterocycles. The summed E-state index contributed by atoms with van der Waals surface area (Å²) in [6.07, 6.45) is 2.63. The average molecular weight is 483 g/mol. The molecule has 3 amide bonds. The second-order valence-electron chi connectivity index (χ2n) is 9.97. The summed E-state index contributed by atoms with van der Waals surface area (Å²) in [6.45, 7) is 11.1. The summed E-state index contributed by atoms with van der Waals surface area (Å²) in [5.74, 6) is -0.761. The summed E-state index contributed by atoms with van der Waals surface area (Å²) < 4.78 is 5.37. The molecule has 2 rings (SSSR count). The number of benzene rings is 1. The molecule has 1 atom stereocenters. The number of carbonyl (C=O) groups is 3. The summed E-state index contributed by atoms with van der Waals surface area (Å²) in [5.41, 5.74) is -0.786. The Balaban J connectivity index is 2.47. The van der Waals surface area contributed by atoms with Crippen LogP contribution in [0.3, 0.4) is 0 Å². The highest BCUT2D eigenvalue weighted by Crippen LogP contribution is 2.26. The van der Waals surface area contributed by atoms with Crippen molar-refractivity contribution in [2.45, 2.75) is 78.1 Å². The number of pyridine rings is 1. The quantitative estimate of drug-likeness (QED) is 0.490. The van der Waals surface area contributed by atoms with Crippen molar-refractivity contribution in [1.82, 2.24) is 20.5 Å². The van der Waals surface area contributed by atoms with Gasteiger partial charge in [-0.25, -0.2) is 4.79 Å². The molecule has 2 aromatic rings. The number of aromatic nitrogens is 1. The van der Waals surface area contributed by atoms with E-state index in [1.807, 2.05) is 37.3 Å². The van der Waals surface area contributed by atoms with E-state index in [0.717, 1.165) is 18.4 Å². The maximum Gasteiger partial charge on any atom is 0.408 e. The molecule has 1 aromatic heterocycles. The van der Waals surface area contributed by atoms with Crippen LogP contribution in [-0.2, 0) is 20.9 Å². The minimum atomic E-state index is -1.35. The molecule has 8 nitrogen and oxygen atoms in total. The van der Waals surface area contributed by atoms with E-state index in [-0.39, 0.29) is 12.5 Å². The first-order chi connectivity index (χ1) is 16.4. The van der Waals surface area contributed by atoms with E-state index in [9.17, 15) is 14.4 Å². The molecule has 0 saturated heterocycles. The zero-order valence-electron chi connectivity index (χ0n) is 21.6. The number of hydrogen-bond donors (Lipinski definition) is 2. The highest BCUT2D eigenvalue weighted by atomic mass is 16.6. The van der Waals surface area contributed by atoms with Crippen molar-refractivity contribution in [2.24, 2.45) is 0 Å². The standard InChI is InChI=1S/C27H38N4O4/c1-7-8-17-29-23(32)22(21-16-12-13-18-28-21)31(19-20-14-10-9-11-15-20)24(33)27(5,6)30-25(34)35-26(2,3)4/h9-16,18,22H,7-8,17,19H2,1-6H3,(H,29,32)(H,30,34). The van der Waals surface area contributed by atoms with Crippen molar-refractivity contribution in [3.63, 3.8) is 0 Å². The molecule has 35 heavy (non-hydrogen) atoms. The summed E-state index contributed by atoms with van der Waals surface area (Å²) in [7, 11) is 0. The lowest BCUT2D eigenvalue weighted by molar-refractivity contribution is -0.146. The summed E-state index contributed by atoms with van der Waals surface area (Å²) in [4.78, 5) is 45.8. The number of alkyl carbamates (subject to hydrolysis) is 1. The van der Waals surface area contributed by atoms with Crippen LogP contribution in [0.15, 0.2) is 54.7 Å². The molecular formula is C27H38N4O4. The molecule has 0 bridgehead atoms. The van der Waals surface area contributed by atoms with Gasteiger partial charge in [-0.1, -0.05) is 49.7 Å². The minimum absolute atomic E-state index is 0.154. The predicted molar refractivity (Wildman–Crippen MR) is 135 cm³/mol. The molecule has 0 spiro atoms. The fourth-order valence-corrected chi connectivity index (χ4v) is 3.49. The van der Waals surface area contributed by atoms with E-state index in [1.54, 1.807) is 59.0 Å². The third-order valence-electron chi connectivity index (χ3n) is 5.16. The lowest BCUT2D eigenvalue weighted by Gasteiger charge is -2.37. The van der Waals surface area contributed by atoms with Gasteiger partial charge in [-0.15, -0.1) is 0 Å². The number of nitrogens with zero attached hydrogens (tertiary/aromatic N) is 2. The molecule has 0 aliphatic heterocycles. The number of carbonyl (C=O) groups excluding carboxylic acids is 3. The Morgan fingerprint density at radius 3 is 2.23 bits per heavy atom. The number of hydrogen-bond acceptors (Lipinski definition) is 5. The molecule has 0 aliphatic rings. The van der Waals surface area contributed by atoms with Crippen LogP contribution in [0.4, 0.5) is 4.79 Å². The molecule has 190 valence electrons. The summed E-state index contributed by atoms with van der Waals surface area (Å²) in [5, 5.41) is 5.61. The van der Waals surface area contributed by atoms with Gasteiger partial charge in [-0.05, 0) is 58.7 Å². The Bertz CT molecular complexity index is 972. The van der Waals surface area contributed by atoms with Crippen molar-refractivity contribution >= 4 is 17.9 Å². The van der Waals surface area contributed by atoms with E-state index in [1.165, 1.54) is 4.90 Å². The van der Waals surface area contributed by atoms with Gasteiger partial charge in [0.15, 0.2) is 6.04 Å². The third kappa shape index (κ3) is 8.70. The molecule has 0 aliphatic carbocycles. The van der Waals surface area contributed by atoms with Crippen molar-refractivity contribution < 1.29 is 19.1 Å². The SMILES string of the molecule is CCCCNC(=O)C(c1ccccn1)N(Cc1ccccc1)C(=O)C(C)(C)NC(=O)OC(C)(C)C. The molecule has 8 heteroatoms. The molecule has 2 N–H and O–H groups in total. The van der Waals surface area contributed by atoms with Crippen LogP contribution in [0.2, 0.25) is 0 Å². The molecule has 0 radical (unpaired) electrons.